The Morgan fingerprint density at radius 2 is 1.96 bits per heavy atom. The summed E-state index contributed by atoms with van der Waals surface area (Å²) in [5.41, 5.74) is -0.0467. The van der Waals surface area contributed by atoms with Crippen LogP contribution in [0.3, 0.4) is 0 Å². The third kappa shape index (κ3) is 6.10. The number of urea groups is 1. The van der Waals surface area contributed by atoms with Crippen molar-refractivity contribution in [3.05, 3.63) is 28.3 Å². The number of non-ortho nitro benzene ring substituents is 1. The van der Waals surface area contributed by atoms with Crippen LogP contribution < -0.4 is 16.0 Å². The minimum absolute atomic E-state index is 0.00877. The molecule has 128 valence electrons. The van der Waals surface area contributed by atoms with Crippen molar-refractivity contribution >= 4 is 27.2 Å². The number of benzene rings is 1. The molecule has 3 N–H and O–H groups in total. The smallest absolute Gasteiger partial charge is 0.315 e. The zero-order valence-corrected chi connectivity index (χ0v) is 13.9. The van der Waals surface area contributed by atoms with Crippen LogP contribution in [0.1, 0.15) is 13.8 Å². The van der Waals surface area contributed by atoms with Crippen molar-refractivity contribution < 1.29 is 18.1 Å². The van der Waals surface area contributed by atoms with E-state index in [0.29, 0.717) is 0 Å². The summed E-state index contributed by atoms with van der Waals surface area (Å²) >= 11 is 0. The van der Waals surface area contributed by atoms with Gasteiger partial charge in [-0.1, -0.05) is 0 Å². The Labute approximate surface area is 134 Å². The van der Waals surface area contributed by atoms with Crippen molar-refractivity contribution in [2.45, 2.75) is 24.8 Å². The maximum Gasteiger partial charge on any atom is 0.315 e. The van der Waals surface area contributed by atoms with Crippen molar-refractivity contribution in [2.24, 2.45) is 0 Å². The summed E-state index contributed by atoms with van der Waals surface area (Å²) in [5, 5.41) is 18.9. The standard InChI is InChI=1S/C13H20N4O5S/c1-9(2)16-13(18)15-7-6-14-11-5-4-10(17(19)20)8-12(11)23(3,21)22/h4-5,8-9,14H,6-7H2,1-3H3,(H2,15,16,18). The third-order valence-corrected chi connectivity index (χ3v) is 3.86. The molecule has 0 aliphatic rings. The fourth-order valence-corrected chi connectivity index (χ4v) is 2.64. The van der Waals surface area contributed by atoms with Gasteiger partial charge in [0.1, 0.15) is 0 Å². The van der Waals surface area contributed by atoms with Crippen molar-refractivity contribution in [3.8, 4) is 0 Å². The van der Waals surface area contributed by atoms with Crippen molar-refractivity contribution in [2.75, 3.05) is 24.7 Å². The molecule has 1 rings (SSSR count). The Balaban J connectivity index is 2.73. The van der Waals surface area contributed by atoms with E-state index < -0.39 is 14.8 Å². The number of hydrogen-bond donors (Lipinski definition) is 3. The average molecular weight is 344 g/mol. The molecule has 0 atom stereocenters. The Kier molecular flexibility index (Phi) is 6.31. The van der Waals surface area contributed by atoms with E-state index in [1.165, 1.54) is 12.1 Å². The lowest BCUT2D eigenvalue weighted by Crippen LogP contribution is -2.41. The van der Waals surface area contributed by atoms with E-state index >= 15 is 0 Å². The summed E-state index contributed by atoms with van der Waals surface area (Å²) in [5.74, 6) is 0. The monoisotopic (exact) mass is 344 g/mol. The highest BCUT2D eigenvalue weighted by molar-refractivity contribution is 7.90. The number of amides is 2. The quantitative estimate of drug-likeness (QED) is 0.386. The van der Waals surface area contributed by atoms with Crippen LogP contribution in [0.5, 0.6) is 0 Å². The number of carbonyl (C=O) groups is 1. The van der Waals surface area contributed by atoms with E-state index in [2.05, 4.69) is 16.0 Å². The molecular weight excluding hydrogens is 324 g/mol. The molecule has 0 unspecified atom stereocenters. The Bertz CT molecular complexity index is 688. The molecule has 0 bridgehead atoms. The van der Waals surface area contributed by atoms with Gasteiger partial charge in [-0.25, -0.2) is 13.2 Å². The highest BCUT2D eigenvalue weighted by Gasteiger charge is 2.18. The molecule has 10 heteroatoms. The van der Waals surface area contributed by atoms with E-state index in [-0.39, 0.29) is 41.4 Å². The fraction of sp³-hybridized carbons (Fsp3) is 0.462. The first kappa shape index (κ1) is 18.7. The summed E-state index contributed by atoms with van der Waals surface area (Å²) in [7, 11) is -3.63. The summed E-state index contributed by atoms with van der Waals surface area (Å²) in [4.78, 5) is 21.3. The van der Waals surface area contributed by atoms with Gasteiger partial charge in [0.2, 0.25) is 0 Å². The zero-order chi connectivity index (χ0) is 17.6. The van der Waals surface area contributed by atoms with Crippen LogP contribution >= 0.6 is 0 Å². The van der Waals surface area contributed by atoms with Crippen LogP contribution in [0.15, 0.2) is 23.1 Å². The number of nitrogens with one attached hydrogen (secondary N) is 3. The maximum absolute atomic E-state index is 11.7. The van der Waals surface area contributed by atoms with Crippen LogP contribution in [0.4, 0.5) is 16.2 Å². The largest absolute Gasteiger partial charge is 0.382 e. The molecule has 0 heterocycles. The highest BCUT2D eigenvalue weighted by atomic mass is 32.2. The molecule has 2 amide bonds. The number of nitrogens with zero attached hydrogens (tertiary/aromatic N) is 1. The van der Waals surface area contributed by atoms with E-state index in [0.717, 1.165) is 12.3 Å². The molecule has 23 heavy (non-hydrogen) atoms. The van der Waals surface area contributed by atoms with Gasteiger partial charge in [-0.3, -0.25) is 10.1 Å². The Morgan fingerprint density at radius 3 is 2.48 bits per heavy atom. The summed E-state index contributed by atoms with van der Waals surface area (Å²) < 4.78 is 23.5. The number of nitro benzene ring substituents is 1. The van der Waals surface area contributed by atoms with Gasteiger partial charge in [-0.2, -0.15) is 0 Å². The summed E-state index contributed by atoms with van der Waals surface area (Å²) in [6.45, 7) is 4.19. The fourth-order valence-electron chi connectivity index (χ4n) is 1.76. The number of sulfone groups is 1. The average Bonchev–Trinajstić information content (AvgIpc) is 2.41. The molecule has 0 spiro atoms. The van der Waals surface area contributed by atoms with Gasteiger partial charge in [0.15, 0.2) is 9.84 Å². The molecular formula is C13H20N4O5S. The number of hydrogen-bond acceptors (Lipinski definition) is 6. The van der Waals surface area contributed by atoms with Crippen molar-refractivity contribution in [3.63, 3.8) is 0 Å². The van der Waals surface area contributed by atoms with Crippen LogP contribution in [0, 0.1) is 10.1 Å². The van der Waals surface area contributed by atoms with Crippen molar-refractivity contribution in [1.82, 2.24) is 10.6 Å². The highest BCUT2D eigenvalue weighted by Crippen LogP contribution is 2.26. The van der Waals surface area contributed by atoms with Gasteiger partial charge in [-0.15, -0.1) is 0 Å². The van der Waals surface area contributed by atoms with Gasteiger partial charge in [0.05, 0.1) is 15.5 Å². The van der Waals surface area contributed by atoms with E-state index in [1.807, 2.05) is 13.8 Å². The number of anilines is 1. The predicted octanol–water partition coefficient (Wildman–Crippen LogP) is 1.12. The van der Waals surface area contributed by atoms with Gasteiger partial charge >= 0.3 is 6.03 Å². The number of rotatable bonds is 7. The van der Waals surface area contributed by atoms with Crippen molar-refractivity contribution in [1.29, 1.82) is 0 Å². The number of nitro groups is 1. The molecule has 9 nitrogen and oxygen atoms in total. The minimum Gasteiger partial charge on any atom is -0.382 e. The van der Waals surface area contributed by atoms with Gasteiger partial charge in [-0.05, 0) is 19.9 Å². The first-order valence-corrected chi connectivity index (χ1v) is 8.77. The molecule has 0 radical (unpaired) electrons. The van der Waals surface area contributed by atoms with E-state index in [9.17, 15) is 23.3 Å². The van der Waals surface area contributed by atoms with E-state index in [4.69, 9.17) is 0 Å². The second-order valence-corrected chi connectivity index (χ2v) is 7.18. The van der Waals surface area contributed by atoms with Crippen LogP contribution in [0.25, 0.3) is 0 Å². The lowest BCUT2D eigenvalue weighted by atomic mass is 10.3. The Morgan fingerprint density at radius 1 is 1.30 bits per heavy atom. The van der Waals surface area contributed by atoms with Crippen LogP contribution in [-0.2, 0) is 9.84 Å². The second-order valence-electron chi connectivity index (χ2n) is 5.19. The molecule has 0 saturated carbocycles. The lowest BCUT2D eigenvalue weighted by molar-refractivity contribution is -0.385. The van der Waals surface area contributed by atoms with Crippen LogP contribution in [-0.4, -0.2) is 44.8 Å². The first-order valence-electron chi connectivity index (χ1n) is 6.88. The molecule has 0 saturated heterocycles. The van der Waals surface area contributed by atoms with Gasteiger partial charge in [0, 0.05) is 37.5 Å². The first-order chi connectivity index (χ1) is 10.6. The molecule has 0 aliphatic heterocycles. The molecule has 0 aliphatic carbocycles. The molecule has 1 aromatic carbocycles. The zero-order valence-electron chi connectivity index (χ0n) is 13.1. The topological polar surface area (TPSA) is 130 Å². The van der Waals surface area contributed by atoms with Gasteiger partial charge in [0.25, 0.3) is 5.69 Å². The Hall–Kier alpha value is -2.36. The second kappa shape index (κ2) is 7.77. The van der Waals surface area contributed by atoms with Crippen LogP contribution in [0.2, 0.25) is 0 Å². The third-order valence-electron chi connectivity index (χ3n) is 2.72. The normalized spacial score (nSPS) is 11.1. The SMILES string of the molecule is CC(C)NC(=O)NCCNc1ccc([N+](=O)[O-])cc1S(C)(=O)=O. The molecule has 0 aromatic heterocycles. The summed E-state index contributed by atoms with van der Waals surface area (Å²) in [6, 6.07) is 3.25. The summed E-state index contributed by atoms with van der Waals surface area (Å²) in [6.07, 6.45) is 0.978. The van der Waals surface area contributed by atoms with Gasteiger partial charge < -0.3 is 16.0 Å². The predicted molar refractivity (Wildman–Crippen MR) is 86.4 cm³/mol. The minimum atomic E-state index is -3.63. The maximum atomic E-state index is 11.7. The molecule has 1 aromatic rings. The number of carbonyl (C=O) groups excluding carboxylic acids is 1. The van der Waals surface area contributed by atoms with E-state index in [1.54, 1.807) is 0 Å². The molecule has 0 fully saturated rings. The lowest BCUT2D eigenvalue weighted by Gasteiger charge is -2.13.